The molecule has 0 unspecified atom stereocenters. The van der Waals surface area contributed by atoms with Gasteiger partial charge in [0.15, 0.2) is 5.01 Å². The number of halogens is 1. The highest BCUT2D eigenvalue weighted by atomic mass is 32.1. The van der Waals surface area contributed by atoms with Crippen LogP contribution < -0.4 is 5.56 Å². The Bertz CT molecular complexity index is 1060. The first-order chi connectivity index (χ1) is 11.2. The van der Waals surface area contributed by atoms with Crippen LogP contribution in [0.2, 0.25) is 0 Å². The lowest BCUT2D eigenvalue weighted by molar-refractivity contribution is 0.628. The Morgan fingerprint density at radius 1 is 1.00 bits per heavy atom. The molecular weight excluding hydrogens is 315 g/mol. The molecular formula is C16H9FN4OS. The van der Waals surface area contributed by atoms with Gasteiger partial charge in [-0.15, -0.1) is 10.2 Å². The maximum atomic E-state index is 13.0. The number of fused-ring (bicyclic) bond motifs is 1. The van der Waals surface area contributed by atoms with Gasteiger partial charge in [-0.25, -0.2) is 9.37 Å². The van der Waals surface area contributed by atoms with E-state index in [-0.39, 0.29) is 11.4 Å². The molecule has 112 valence electrons. The lowest BCUT2D eigenvalue weighted by atomic mass is 10.2. The van der Waals surface area contributed by atoms with Crippen LogP contribution in [-0.2, 0) is 0 Å². The number of hydrogen-bond donors (Lipinski definition) is 0. The molecule has 0 saturated carbocycles. The average molecular weight is 324 g/mol. The van der Waals surface area contributed by atoms with Crippen molar-refractivity contribution in [1.29, 1.82) is 0 Å². The number of nitrogens with zero attached hydrogens (tertiary/aromatic N) is 4. The summed E-state index contributed by atoms with van der Waals surface area (Å²) in [5.41, 5.74) is 1.52. The summed E-state index contributed by atoms with van der Waals surface area (Å²) in [4.78, 5) is 16.8. The molecule has 0 aliphatic carbocycles. The summed E-state index contributed by atoms with van der Waals surface area (Å²) in [6.45, 7) is 0. The van der Waals surface area contributed by atoms with Crippen LogP contribution in [0.25, 0.3) is 26.8 Å². The molecule has 0 saturated heterocycles. The second kappa shape index (κ2) is 5.36. The Labute approximate surface area is 133 Å². The van der Waals surface area contributed by atoms with Crippen molar-refractivity contribution >= 4 is 17.0 Å². The first kappa shape index (κ1) is 13.7. The lowest BCUT2D eigenvalue weighted by Gasteiger charge is -2.00. The van der Waals surface area contributed by atoms with E-state index in [2.05, 4.69) is 15.2 Å². The minimum atomic E-state index is -0.310. The van der Waals surface area contributed by atoms with Gasteiger partial charge in [0.05, 0.1) is 5.56 Å². The molecule has 23 heavy (non-hydrogen) atoms. The van der Waals surface area contributed by atoms with Crippen LogP contribution in [-0.4, -0.2) is 19.6 Å². The summed E-state index contributed by atoms with van der Waals surface area (Å²) >= 11 is 1.27. The van der Waals surface area contributed by atoms with E-state index in [4.69, 9.17) is 0 Å². The largest absolute Gasteiger partial charge is 0.268 e. The van der Waals surface area contributed by atoms with Crippen molar-refractivity contribution in [3.8, 4) is 21.1 Å². The highest BCUT2D eigenvalue weighted by molar-refractivity contribution is 7.17. The van der Waals surface area contributed by atoms with Gasteiger partial charge in [-0.1, -0.05) is 17.4 Å². The van der Waals surface area contributed by atoms with E-state index in [9.17, 15) is 9.18 Å². The molecule has 0 bridgehead atoms. The Hall–Kier alpha value is -2.93. The number of benzene rings is 1. The van der Waals surface area contributed by atoms with Crippen LogP contribution in [0.1, 0.15) is 0 Å². The van der Waals surface area contributed by atoms with E-state index in [1.54, 1.807) is 30.5 Å². The van der Waals surface area contributed by atoms with Crippen LogP contribution in [0, 0.1) is 5.82 Å². The SMILES string of the molecule is O=c1c(-c2nnc(-c3ccc(F)cc3)s2)cnc2ccccn12. The van der Waals surface area contributed by atoms with Crippen molar-refractivity contribution in [3.05, 3.63) is 71.0 Å². The number of rotatable bonds is 2. The zero-order chi connectivity index (χ0) is 15.8. The fourth-order valence-electron chi connectivity index (χ4n) is 2.21. The van der Waals surface area contributed by atoms with Gasteiger partial charge < -0.3 is 0 Å². The minimum Gasteiger partial charge on any atom is -0.268 e. The van der Waals surface area contributed by atoms with E-state index in [0.29, 0.717) is 21.2 Å². The van der Waals surface area contributed by atoms with Crippen LogP contribution in [0.4, 0.5) is 4.39 Å². The van der Waals surface area contributed by atoms with Crippen LogP contribution in [0.3, 0.4) is 0 Å². The summed E-state index contributed by atoms with van der Waals surface area (Å²) in [6, 6.07) is 11.3. The number of aromatic nitrogens is 4. The van der Waals surface area contributed by atoms with E-state index >= 15 is 0 Å². The maximum absolute atomic E-state index is 13.0. The predicted molar refractivity (Wildman–Crippen MR) is 85.8 cm³/mol. The molecule has 0 atom stereocenters. The Kier molecular flexibility index (Phi) is 3.20. The van der Waals surface area contributed by atoms with Gasteiger partial charge in [0.25, 0.3) is 5.56 Å². The predicted octanol–water partition coefficient (Wildman–Crippen LogP) is 3.02. The third-order valence-electron chi connectivity index (χ3n) is 3.36. The van der Waals surface area contributed by atoms with Gasteiger partial charge in [0.2, 0.25) is 0 Å². The molecule has 0 radical (unpaired) electrons. The molecule has 0 fully saturated rings. The van der Waals surface area contributed by atoms with E-state index in [0.717, 1.165) is 5.56 Å². The van der Waals surface area contributed by atoms with Crippen molar-refractivity contribution in [2.24, 2.45) is 0 Å². The van der Waals surface area contributed by atoms with Gasteiger partial charge >= 0.3 is 0 Å². The van der Waals surface area contributed by atoms with E-state index < -0.39 is 0 Å². The molecule has 0 N–H and O–H groups in total. The fraction of sp³-hybridized carbons (Fsp3) is 0. The first-order valence-electron chi connectivity index (χ1n) is 6.78. The molecule has 3 heterocycles. The zero-order valence-electron chi connectivity index (χ0n) is 11.7. The van der Waals surface area contributed by atoms with Gasteiger partial charge in [-0.2, -0.15) is 0 Å². The summed E-state index contributed by atoms with van der Waals surface area (Å²) in [6.07, 6.45) is 3.17. The lowest BCUT2D eigenvalue weighted by Crippen LogP contribution is -2.16. The topological polar surface area (TPSA) is 60.2 Å². The Morgan fingerprint density at radius 3 is 2.61 bits per heavy atom. The second-order valence-electron chi connectivity index (χ2n) is 4.83. The highest BCUT2D eigenvalue weighted by Gasteiger charge is 2.13. The Morgan fingerprint density at radius 2 is 1.78 bits per heavy atom. The van der Waals surface area contributed by atoms with Crippen molar-refractivity contribution in [2.75, 3.05) is 0 Å². The molecule has 7 heteroatoms. The highest BCUT2D eigenvalue weighted by Crippen LogP contribution is 2.28. The summed E-state index contributed by atoms with van der Waals surface area (Å²) in [5.74, 6) is -0.310. The normalized spacial score (nSPS) is 11.0. The van der Waals surface area contributed by atoms with Crippen molar-refractivity contribution in [2.45, 2.75) is 0 Å². The summed E-state index contributed by atoms with van der Waals surface area (Å²) in [7, 11) is 0. The van der Waals surface area contributed by atoms with Gasteiger partial charge in [-0.3, -0.25) is 9.20 Å². The van der Waals surface area contributed by atoms with Crippen molar-refractivity contribution in [1.82, 2.24) is 19.6 Å². The molecule has 1 aromatic carbocycles. The van der Waals surface area contributed by atoms with Crippen molar-refractivity contribution < 1.29 is 4.39 Å². The third kappa shape index (κ3) is 2.40. The molecule has 0 amide bonds. The molecule has 5 nitrogen and oxygen atoms in total. The zero-order valence-corrected chi connectivity index (χ0v) is 12.5. The quantitative estimate of drug-likeness (QED) is 0.569. The van der Waals surface area contributed by atoms with Gasteiger partial charge in [-0.05, 0) is 36.4 Å². The third-order valence-corrected chi connectivity index (χ3v) is 4.37. The van der Waals surface area contributed by atoms with Crippen LogP contribution in [0.5, 0.6) is 0 Å². The van der Waals surface area contributed by atoms with Gasteiger partial charge in [0, 0.05) is 18.0 Å². The van der Waals surface area contributed by atoms with E-state index in [1.807, 2.05) is 6.07 Å². The molecule has 0 spiro atoms. The smallest absolute Gasteiger partial charge is 0.268 e. The minimum absolute atomic E-state index is 0.197. The summed E-state index contributed by atoms with van der Waals surface area (Å²) < 4.78 is 14.5. The van der Waals surface area contributed by atoms with Gasteiger partial charge in [0.1, 0.15) is 16.5 Å². The maximum Gasteiger partial charge on any atom is 0.268 e. The van der Waals surface area contributed by atoms with Crippen molar-refractivity contribution in [3.63, 3.8) is 0 Å². The first-order valence-corrected chi connectivity index (χ1v) is 7.60. The average Bonchev–Trinajstić information content (AvgIpc) is 3.06. The summed E-state index contributed by atoms with van der Waals surface area (Å²) in [5, 5.41) is 9.27. The molecule has 3 aromatic heterocycles. The van der Waals surface area contributed by atoms with Crippen LogP contribution >= 0.6 is 11.3 Å². The standard InChI is InChI=1S/C16H9FN4OS/c17-11-6-4-10(5-7-11)14-19-20-15(23-14)12-9-18-13-3-1-2-8-21(13)16(12)22/h1-9H. The second-order valence-corrected chi connectivity index (χ2v) is 5.80. The monoisotopic (exact) mass is 324 g/mol. The number of hydrogen-bond acceptors (Lipinski definition) is 5. The van der Waals surface area contributed by atoms with E-state index in [1.165, 1.54) is 34.1 Å². The molecule has 0 aliphatic heterocycles. The van der Waals surface area contributed by atoms with Crippen LogP contribution in [0.15, 0.2) is 59.7 Å². The Balaban J connectivity index is 1.82. The number of pyridine rings is 1. The fourth-order valence-corrected chi connectivity index (χ4v) is 3.06. The molecule has 0 aliphatic rings. The molecule has 4 rings (SSSR count). The molecule has 4 aromatic rings.